The Balaban J connectivity index is 1.16. The average Bonchev–Trinajstić information content (AvgIpc) is 3.30. The number of likely N-dealkylation sites (tertiary alicyclic amines) is 1. The van der Waals surface area contributed by atoms with Crippen LogP contribution >= 0.6 is 0 Å². The van der Waals surface area contributed by atoms with Gasteiger partial charge in [0, 0.05) is 37.8 Å². The quantitative estimate of drug-likeness (QED) is 0.466. The third-order valence-corrected chi connectivity index (χ3v) is 6.37. The first-order valence-corrected chi connectivity index (χ1v) is 11.5. The number of hydrogen-bond acceptors (Lipinski definition) is 4. The average molecular weight is 450 g/mol. The number of carbonyl (C=O) groups is 3. The van der Waals surface area contributed by atoms with Gasteiger partial charge in [0.05, 0.1) is 0 Å². The van der Waals surface area contributed by atoms with Crippen molar-refractivity contribution in [3.63, 3.8) is 0 Å². The van der Waals surface area contributed by atoms with Gasteiger partial charge in [0.15, 0.2) is 0 Å². The van der Waals surface area contributed by atoms with Crippen LogP contribution in [-0.4, -0.2) is 48.0 Å². The minimum absolute atomic E-state index is 0.225. The van der Waals surface area contributed by atoms with Crippen LogP contribution in [0.2, 0.25) is 0 Å². The minimum atomic E-state index is -0.554. The van der Waals surface area contributed by atoms with Gasteiger partial charge in [-0.25, -0.2) is 9.59 Å². The zero-order valence-corrected chi connectivity index (χ0v) is 18.8. The molecule has 5 amide bonds. The molecule has 8 nitrogen and oxygen atoms in total. The van der Waals surface area contributed by atoms with E-state index in [0.717, 1.165) is 31.5 Å². The fourth-order valence-electron chi connectivity index (χ4n) is 4.59. The van der Waals surface area contributed by atoms with Crippen molar-refractivity contribution < 1.29 is 14.4 Å². The lowest BCUT2D eigenvalue weighted by atomic mass is 10.0. The molecule has 4 rings (SSSR count). The zero-order chi connectivity index (χ0) is 23.2. The third kappa shape index (κ3) is 6.32. The van der Waals surface area contributed by atoms with Crippen LogP contribution < -0.4 is 21.3 Å². The minimum Gasteiger partial charge on any atom is -0.338 e. The highest BCUT2D eigenvalue weighted by Crippen LogP contribution is 2.26. The predicted molar refractivity (Wildman–Crippen MR) is 127 cm³/mol. The molecule has 2 saturated heterocycles. The Bertz CT molecular complexity index is 979. The van der Waals surface area contributed by atoms with Gasteiger partial charge >= 0.3 is 12.1 Å². The summed E-state index contributed by atoms with van der Waals surface area (Å²) in [7, 11) is 0. The number of hydrogen-bond donors (Lipinski definition) is 4. The lowest BCUT2D eigenvalue weighted by Gasteiger charge is -2.21. The fourth-order valence-corrected chi connectivity index (χ4v) is 4.59. The van der Waals surface area contributed by atoms with Gasteiger partial charge in [-0.2, -0.15) is 0 Å². The summed E-state index contributed by atoms with van der Waals surface area (Å²) in [4.78, 5) is 37.6. The molecule has 2 aliphatic rings. The molecular formula is C25H31N5O3. The summed E-state index contributed by atoms with van der Waals surface area (Å²) in [5, 5.41) is 10.6. The SMILES string of the molecule is CC1CC(CCNC(=O)Nc2ccc(CC3NC(=O)NC3=O)cc2)CN1Cc1ccccc1. The number of rotatable bonds is 8. The van der Waals surface area contributed by atoms with Crippen molar-refractivity contribution in [1.29, 1.82) is 0 Å². The molecule has 2 fully saturated rings. The number of benzene rings is 2. The summed E-state index contributed by atoms with van der Waals surface area (Å²) in [6.45, 7) is 4.94. The maximum Gasteiger partial charge on any atom is 0.322 e. The molecule has 0 spiro atoms. The Labute approximate surface area is 194 Å². The van der Waals surface area contributed by atoms with E-state index in [2.05, 4.69) is 57.4 Å². The van der Waals surface area contributed by atoms with Gasteiger partial charge in [-0.15, -0.1) is 0 Å². The highest BCUT2D eigenvalue weighted by atomic mass is 16.2. The Kier molecular flexibility index (Phi) is 7.24. The highest BCUT2D eigenvalue weighted by Gasteiger charge is 2.30. The van der Waals surface area contributed by atoms with Crippen molar-refractivity contribution in [2.45, 2.75) is 44.8 Å². The van der Waals surface area contributed by atoms with Crippen molar-refractivity contribution in [2.75, 3.05) is 18.4 Å². The fraction of sp³-hybridized carbons (Fsp3) is 0.400. The van der Waals surface area contributed by atoms with Gasteiger partial charge in [0.1, 0.15) is 6.04 Å². The van der Waals surface area contributed by atoms with E-state index >= 15 is 0 Å². The van der Waals surface area contributed by atoms with Crippen LogP contribution in [0.15, 0.2) is 54.6 Å². The Morgan fingerprint density at radius 1 is 1.06 bits per heavy atom. The summed E-state index contributed by atoms with van der Waals surface area (Å²) >= 11 is 0. The van der Waals surface area contributed by atoms with Gasteiger partial charge in [0.25, 0.3) is 5.91 Å². The first-order chi connectivity index (χ1) is 16.0. The highest BCUT2D eigenvalue weighted by molar-refractivity contribution is 6.04. The molecule has 174 valence electrons. The second-order valence-corrected chi connectivity index (χ2v) is 8.95. The van der Waals surface area contributed by atoms with Gasteiger partial charge in [-0.3, -0.25) is 15.0 Å². The lowest BCUT2D eigenvalue weighted by molar-refractivity contribution is -0.120. The summed E-state index contributed by atoms with van der Waals surface area (Å²) in [6.07, 6.45) is 2.51. The Morgan fingerprint density at radius 3 is 2.52 bits per heavy atom. The van der Waals surface area contributed by atoms with Crippen LogP contribution in [0.5, 0.6) is 0 Å². The van der Waals surface area contributed by atoms with E-state index in [1.807, 2.05) is 18.2 Å². The topological polar surface area (TPSA) is 103 Å². The van der Waals surface area contributed by atoms with Gasteiger partial charge < -0.3 is 16.0 Å². The molecular weight excluding hydrogens is 418 g/mol. The summed E-state index contributed by atoms with van der Waals surface area (Å²) < 4.78 is 0. The van der Waals surface area contributed by atoms with Crippen molar-refractivity contribution in [3.8, 4) is 0 Å². The molecule has 0 saturated carbocycles. The van der Waals surface area contributed by atoms with E-state index in [9.17, 15) is 14.4 Å². The number of nitrogens with zero attached hydrogens (tertiary/aromatic N) is 1. The van der Waals surface area contributed by atoms with E-state index in [-0.39, 0.29) is 11.9 Å². The number of nitrogens with one attached hydrogen (secondary N) is 4. The summed E-state index contributed by atoms with van der Waals surface area (Å²) in [5.41, 5.74) is 2.92. The second-order valence-electron chi connectivity index (χ2n) is 8.95. The van der Waals surface area contributed by atoms with Crippen molar-refractivity contribution in [3.05, 3.63) is 65.7 Å². The smallest absolute Gasteiger partial charge is 0.322 e. The summed E-state index contributed by atoms with van der Waals surface area (Å²) in [6, 6.07) is 17.1. The Morgan fingerprint density at radius 2 is 1.82 bits per heavy atom. The molecule has 0 aliphatic carbocycles. The van der Waals surface area contributed by atoms with E-state index in [0.29, 0.717) is 30.6 Å². The molecule has 8 heteroatoms. The van der Waals surface area contributed by atoms with Crippen molar-refractivity contribution >= 4 is 23.7 Å². The molecule has 33 heavy (non-hydrogen) atoms. The van der Waals surface area contributed by atoms with E-state index in [1.54, 1.807) is 12.1 Å². The molecule has 2 heterocycles. The molecule has 2 aromatic carbocycles. The molecule has 3 unspecified atom stereocenters. The zero-order valence-electron chi connectivity index (χ0n) is 18.8. The Hall–Kier alpha value is -3.39. The predicted octanol–water partition coefficient (Wildman–Crippen LogP) is 2.86. The van der Waals surface area contributed by atoms with Gasteiger partial charge in [-0.05, 0) is 48.9 Å². The number of amides is 5. The molecule has 4 N–H and O–H groups in total. The van der Waals surface area contributed by atoms with Gasteiger partial charge in [0.2, 0.25) is 0 Å². The van der Waals surface area contributed by atoms with Crippen LogP contribution in [0.3, 0.4) is 0 Å². The molecule has 2 aliphatic heterocycles. The first kappa shape index (κ1) is 22.8. The van der Waals surface area contributed by atoms with E-state index in [4.69, 9.17) is 0 Å². The van der Waals surface area contributed by atoms with Crippen LogP contribution in [0, 0.1) is 5.92 Å². The molecule has 0 aromatic heterocycles. The van der Waals surface area contributed by atoms with Crippen molar-refractivity contribution in [2.24, 2.45) is 5.92 Å². The molecule has 2 aromatic rings. The van der Waals surface area contributed by atoms with Crippen LogP contribution in [0.4, 0.5) is 15.3 Å². The first-order valence-electron chi connectivity index (χ1n) is 11.5. The maximum absolute atomic E-state index is 12.3. The number of anilines is 1. The van der Waals surface area contributed by atoms with Crippen LogP contribution in [-0.2, 0) is 17.8 Å². The summed E-state index contributed by atoms with van der Waals surface area (Å²) in [5.74, 6) is 0.262. The van der Waals surface area contributed by atoms with E-state index < -0.39 is 12.1 Å². The van der Waals surface area contributed by atoms with Crippen LogP contribution in [0.25, 0.3) is 0 Å². The van der Waals surface area contributed by atoms with Gasteiger partial charge in [-0.1, -0.05) is 42.5 Å². The number of carbonyl (C=O) groups excluding carboxylic acids is 3. The second kappa shape index (κ2) is 10.5. The molecule has 0 radical (unpaired) electrons. The largest absolute Gasteiger partial charge is 0.338 e. The van der Waals surface area contributed by atoms with E-state index in [1.165, 1.54) is 5.56 Å². The standard InChI is InChI=1S/C25H31N5O3/c1-17-13-20(16-30(17)15-19-5-3-2-4-6-19)11-12-26-24(32)27-21-9-7-18(8-10-21)14-22-23(31)29-25(33)28-22/h2-10,17,20,22H,11-16H2,1H3,(H2,26,27,32)(H2,28,29,31,33). The molecule has 0 bridgehead atoms. The number of imide groups is 1. The normalized spacial score (nSPS) is 22.6. The maximum atomic E-state index is 12.3. The van der Waals surface area contributed by atoms with Crippen molar-refractivity contribution in [1.82, 2.24) is 20.9 Å². The lowest BCUT2D eigenvalue weighted by Crippen LogP contribution is -2.31. The number of urea groups is 2. The third-order valence-electron chi connectivity index (χ3n) is 6.37. The van der Waals surface area contributed by atoms with Crippen LogP contribution in [0.1, 0.15) is 30.9 Å². The molecule has 3 atom stereocenters. The monoisotopic (exact) mass is 449 g/mol.